The normalized spacial score (nSPS) is 25.1. The van der Waals surface area contributed by atoms with Gasteiger partial charge in [-0.1, -0.05) is 12.1 Å². The Kier molecular flexibility index (Phi) is 2.74. The molecule has 1 aliphatic carbocycles. The van der Waals surface area contributed by atoms with Crippen LogP contribution in [0.3, 0.4) is 0 Å². The van der Waals surface area contributed by atoms with Crippen molar-refractivity contribution in [3.8, 4) is 0 Å². The lowest BCUT2D eigenvalue weighted by molar-refractivity contribution is 0.255. The molecule has 0 radical (unpaired) electrons. The smallest absolute Gasteiger partial charge is 0.162 e. The lowest BCUT2D eigenvalue weighted by Crippen LogP contribution is -2.31. The predicted octanol–water partition coefficient (Wildman–Crippen LogP) is 2.73. The van der Waals surface area contributed by atoms with Crippen LogP contribution in [0.2, 0.25) is 0 Å². The van der Waals surface area contributed by atoms with E-state index in [0.717, 1.165) is 12.8 Å². The number of hydrogen-bond donors (Lipinski definition) is 1. The van der Waals surface area contributed by atoms with E-state index in [-0.39, 0.29) is 5.92 Å². The fourth-order valence-corrected chi connectivity index (χ4v) is 2.21. The minimum Gasteiger partial charge on any atom is -0.330 e. The third-order valence-electron chi connectivity index (χ3n) is 3.42. The molecule has 0 saturated heterocycles. The van der Waals surface area contributed by atoms with E-state index in [2.05, 4.69) is 0 Å². The molecule has 0 heterocycles. The average Bonchev–Trinajstić information content (AvgIpc) is 2.18. The Morgan fingerprint density at radius 2 is 2.00 bits per heavy atom. The zero-order valence-corrected chi connectivity index (χ0v) is 8.76. The van der Waals surface area contributed by atoms with E-state index >= 15 is 0 Å². The molecule has 0 bridgehead atoms. The van der Waals surface area contributed by atoms with Crippen molar-refractivity contribution in [2.45, 2.75) is 25.7 Å². The summed E-state index contributed by atoms with van der Waals surface area (Å²) in [6, 6.07) is 3.33. The highest BCUT2D eigenvalue weighted by Crippen LogP contribution is 2.43. The van der Waals surface area contributed by atoms with Crippen LogP contribution in [-0.4, -0.2) is 6.54 Å². The molecule has 2 unspecified atom stereocenters. The van der Waals surface area contributed by atoms with Gasteiger partial charge in [-0.05, 0) is 49.3 Å². The number of rotatable bonds is 2. The van der Waals surface area contributed by atoms with Gasteiger partial charge in [-0.25, -0.2) is 8.78 Å². The SMILES string of the molecule is Cc1ccc(C2CCC2CN)c(F)c1F. The molecule has 0 amide bonds. The summed E-state index contributed by atoms with van der Waals surface area (Å²) < 4.78 is 27.0. The summed E-state index contributed by atoms with van der Waals surface area (Å²) in [4.78, 5) is 0. The van der Waals surface area contributed by atoms with Gasteiger partial charge >= 0.3 is 0 Å². The van der Waals surface area contributed by atoms with Gasteiger partial charge in [-0.15, -0.1) is 0 Å². The molecule has 1 aromatic rings. The Bertz CT molecular complexity index is 374. The molecule has 1 saturated carbocycles. The highest BCUT2D eigenvalue weighted by molar-refractivity contribution is 5.30. The van der Waals surface area contributed by atoms with Gasteiger partial charge in [0.1, 0.15) is 0 Å². The molecule has 1 nitrogen and oxygen atoms in total. The zero-order chi connectivity index (χ0) is 11.0. The van der Waals surface area contributed by atoms with E-state index in [1.54, 1.807) is 19.1 Å². The van der Waals surface area contributed by atoms with Gasteiger partial charge in [0.15, 0.2) is 11.6 Å². The van der Waals surface area contributed by atoms with Gasteiger partial charge in [0.05, 0.1) is 0 Å². The molecule has 15 heavy (non-hydrogen) atoms. The third-order valence-corrected chi connectivity index (χ3v) is 3.42. The van der Waals surface area contributed by atoms with Crippen molar-refractivity contribution in [3.05, 3.63) is 34.9 Å². The lowest BCUT2D eigenvalue weighted by atomic mass is 9.70. The van der Waals surface area contributed by atoms with Crippen molar-refractivity contribution in [2.24, 2.45) is 11.7 Å². The summed E-state index contributed by atoms with van der Waals surface area (Å²) in [5, 5.41) is 0. The molecule has 2 atom stereocenters. The van der Waals surface area contributed by atoms with E-state index in [9.17, 15) is 8.78 Å². The van der Waals surface area contributed by atoms with Crippen LogP contribution in [0.4, 0.5) is 8.78 Å². The van der Waals surface area contributed by atoms with Crippen LogP contribution in [0.15, 0.2) is 12.1 Å². The van der Waals surface area contributed by atoms with Gasteiger partial charge in [0, 0.05) is 0 Å². The van der Waals surface area contributed by atoms with Crippen LogP contribution < -0.4 is 5.73 Å². The monoisotopic (exact) mass is 211 g/mol. The molecule has 3 heteroatoms. The molecule has 0 aromatic heterocycles. The van der Waals surface area contributed by atoms with Gasteiger partial charge in [-0.2, -0.15) is 0 Å². The molecule has 1 aromatic carbocycles. The Morgan fingerprint density at radius 3 is 2.53 bits per heavy atom. The van der Waals surface area contributed by atoms with Crippen molar-refractivity contribution in [1.82, 2.24) is 0 Å². The third kappa shape index (κ3) is 1.65. The first-order chi connectivity index (χ1) is 7.15. The first-order valence-corrected chi connectivity index (χ1v) is 5.29. The number of benzene rings is 1. The summed E-state index contributed by atoms with van der Waals surface area (Å²) >= 11 is 0. The minimum atomic E-state index is -0.713. The molecule has 1 fully saturated rings. The number of halogens is 2. The van der Waals surface area contributed by atoms with Gasteiger partial charge < -0.3 is 5.73 Å². The standard InChI is InChI=1S/C12H15F2N/c1-7-2-4-10(12(14)11(7)13)9-5-3-8(9)6-15/h2,4,8-9H,3,5-6,15H2,1H3. The molecule has 82 valence electrons. The summed E-state index contributed by atoms with van der Waals surface area (Å²) in [6.07, 6.45) is 1.94. The topological polar surface area (TPSA) is 26.0 Å². The average molecular weight is 211 g/mol. The van der Waals surface area contributed by atoms with E-state index in [4.69, 9.17) is 5.73 Å². The van der Waals surface area contributed by atoms with Gasteiger partial charge in [0.25, 0.3) is 0 Å². The van der Waals surface area contributed by atoms with E-state index in [0.29, 0.717) is 23.6 Å². The first-order valence-electron chi connectivity index (χ1n) is 5.29. The quantitative estimate of drug-likeness (QED) is 0.799. The molecule has 2 rings (SSSR count). The first kappa shape index (κ1) is 10.6. The number of aryl methyl sites for hydroxylation is 1. The van der Waals surface area contributed by atoms with Crippen LogP contribution >= 0.6 is 0 Å². The van der Waals surface area contributed by atoms with Crippen molar-refractivity contribution in [2.75, 3.05) is 6.54 Å². The van der Waals surface area contributed by atoms with Crippen LogP contribution in [0.5, 0.6) is 0 Å². The Hall–Kier alpha value is -0.960. The predicted molar refractivity (Wildman–Crippen MR) is 55.6 cm³/mol. The summed E-state index contributed by atoms with van der Waals surface area (Å²) in [6.45, 7) is 2.13. The van der Waals surface area contributed by atoms with E-state index in [1.165, 1.54) is 0 Å². The van der Waals surface area contributed by atoms with E-state index < -0.39 is 11.6 Å². The fourth-order valence-electron chi connectivity index (χ4n) is 2.21. The largest absolute Gasteiger partial charge is 0.330 e. The second kappa shape index (κ2) is 3.89. The number of hydrogen-bond acceptors (Lipinski definition) is 1. The molecule has 1 aliphatic rings. The van der Waals surface area contributed by atoms with Crippen molar-refractivity contribution < 1.29 is 8.78 Å². The van der Waals surface area contributed by atoms with Crippen molar-refractivity contribution in [1.29, 1.82) is 0 Å². The Labute approximate surface area is 88.3 Å². The van der Waals surface area contributed by atoms with Gasteiger partial charge in [-0.3, -0.25) is 0 Å². The van der Waals surface area contributed by atoms with Crippen molar-refractivity contribution in [3.63, 3.8) is 0 Å². The summed E-state index contributed by atoms with van der Waals surface area (Å²) in [5.74, 6) is -0.958. The highest BCUT2D eigenvalue weighted by atomic mass is 19.2. The second-order valence-electron chi connectivity index (χ2n) is 4.28. The summed E-state index contributed by atoms with van der Waals surface area (Å²) in [7, 11) is 0. The second-order valence-corrected chi connectivity index (χ2v) is 4.28. The maximum atomic E-state index is 13.6. The van der Waals surface area contributed by atoms with Crippen LogP contribution in [0.25, 0.3) is 0 Å². The van der Waals surface area contributed by atoms with Crippen LogP contribution in [0.1, 0.15) is 29.9 Å². The number of nitrogens with two attached hydrogens (primary N) is 1. The van der Waals surface area contributed by atoms with Gasteiger partial charge in [0.2, 0.25) is 0 Å². The highest BCUT2D eigenvalue weighted by Gasteiger charge is 2.33. The van der Waals surface area contributed by atoms with Crippen LogP contribution in [-0.2, 0) is 0 Å². The maximum Gasteiger partial charge on any atom is 0.162 e. The minimum absolute atomic E-state index is 0.116. The molecule has 0 spiro atoms. The lowest BCUT2D eigenvalue weighted by Gasteiger charge is -2.36. The molecular formula is C12H15F2N. The maximum absolute atomic E-state index is 13.6. The summed E-state index contributed by atoms with van der Waals surface area (Å²) in [5.41, 5.74) is 6.42. The zero-order valence-electron chi connectivity index (χ0n) is 8.76. The Balaban J connectivity index is 2.33. The molecular weight excluding hydrogens is 196 g/mol. The van der Waals surface area contributed by atoms with Crippen LogP contribution in [0, 0.1) is 24.5 Å². The fraction of sp³-hybridized carbons (Fsp3) is 0.500. The van der Waals surface area contributed by atoms with E-state index in [1.807, 2.05) is 0 Å². The molecule has 2 N–H and O–H groups in total. The Morgan fingerprint density at radius 1 is 1.27 bits per heavy atom. The molecule has 0 aliphatic heterocycles. The van der Waals surface area contributed by atoms with Crippen molar-refractivity contribution >= 4 is 0 Å².